The maximum atomic E-state index is 5.56. The van der Waals surface area contributed by atoms with Crippen molar-refractivity contribution in [3.63, 3.8) is 0 Å². The highest BCUT2D eigenvalue weighted by molar-refractivity contribution is 4.79. The lowest BCUT2D eigenvalue weighted by Crippen LogP contribution is -2.45. The second kappa shape index (κ2) is 6.38. The summed E-state index contributed by atoms with van der Waals surface area (Å²) >= 11 is 0. The predicted molar refractivity (Wildman–Crippen MR) is 58.7 cm³/mol. The molecule has 0 aromatic carbocycles. The minimum absolute atomic E-state index is 0.345. The van der Waals surface area contributed by atoms with Gasteiger partial charge in [-0.1, -0.05) is 19.8 Å². The van der Waals surface area contributed by atoms with E-state index in [0.717, 1.165) is 19.1 Å². The molecule has 14 heavy (non-hydrogen) atoms. The predicted octanol–water partition coefficient (Wildman–Crippen LogP) is 1.68. The molecule has 0 spiro atoms. The van der Waals surface area contributed by atoms with Crippen molar-refractivity contribution < 1.29 is 4.74 Å². The molecule has 3 nitrogen and oxygen atoms in total. The Bertz CT molecular complexity index is 152. The molecule has 1 rings (SSSR count). The van der Waals surface area contributed by atoms with E-state index >= 15 is 0 Å². The van der Waals surface area contributed by atoms with Gasteiger partial charge in [0.05, 0.1) is 6.61 Å². The van der Waals surface area contributed by atoms with Crippen LogP contribution in [-0.2, 0) is 4.74 Å². The van der Waals surface area contributed by atoms with E-state index in [2.05, 4.69) is 12.3 Å². The van der Waals surface area contributed by atoms with E-state index in [-0.39, 0.29) is 0 Å². The fourth-order valence-corrected chi connectivity index (χ4v) is 2.41. The van der Waals surface area contributed by atoms with Gasteiger partial charge in [-0.2, -0.15) is 0 Å². The van der Waals surface area contributed by atoms with Gasteiger partial charge in [-0.05, 0) is 31.6 Å². The smallest absolute Gasteiger partial charge is 0.0635 e. The molecule has 0 aromatic rings. The molecule has 0 saturated heterocycles. The van der Waals surface area contributed by atoms with E-state index in [0.29, 0.717) is 12.0 Å². The van der Waals surface area contributed by atoms with Crippen LogP contribution in [0, 0.1) is 11.8 Å². The normalized spacial score (nSPS) is 30.2. The van der Waals surface area contributed by atoms with Crippen LogP contribution in [0.25, 0.3) is 0 Å². The molecular weight excluding hydrogens is 176 g/mol. The molecule has 3 atom stereocenters. The van der Waals surface area contributed by atoms with Crippen LogP contribution in [0.3, 0.4) is 0 Å². The first-order chi connectivity index (χ1) is 6.77. The molecular formula is C11H24N2O. The van der Waals surface area contributed by atoms with Crippen LogP contribution in [-0.4, -0.2) is 19.3 Å². The van der Waals surface area contributed by atoms with E-state index in [4.69, 9.17) is 10.6 Å². The van der Waals surface area contributed by atoms with Crippen molar-refractivity contribution in [3.05, 3.63) is 0 Å². The van der Waals surface area contributed by atoms with Crippen molar-refractivity contribution in [1.29, 1.82) is 0 Å². The van der Waals surface area contributed by atoms with Crippen molar-refractivity contribution in [1.82, 2.24) is 5.43 Å². The maximum absolute atomic E-state index is 5.56. The molecule has 0 aromatic heterocycles. The van der Waals surface area contributed by atoms with Gasteiger partial charge in [0.1, 0.15) is 0 Å². The Morgan fingerprint density at radius 1 is 1.50 bits per heavy atom. The number of nitrogens with two attached hydrogens (primary N) is 1. The third kappa shape index (κ3) is 3.56. The van der Waals surface area contributed by atoms with Gasteiger partial charge in [0, 0.05) is 12.6 Å². The number of nitrogens with one attached hydrogen (secondary N) is 1. The average molecular weight is 200 g/mol. The number of ether oxygens (including phenoxy) is 1. The molecule has 1 aliphatic carbocycles. The summed E-state index contributed by atoms with van der Waals surface area (Å²) < 4.78 is 5.43. The van der Waals surface area contributed by atoms with Gasteiger partial charge < -0.3 is 4.74 Å². The third-order valence-electron chi connectivity index (χ3n) is 3.26. The van der Waals surface area contributed by atoms with Crippen molar-refractivity contribution in [2.75, 3.05) is 13.2 Å². The molecule has 1 fully saturated rings. The first kappa shape index (κ1) is 12.0. The highest BCUT2D eigenvalue weighted by Crippen LogP contribution is 2.30. The van der Waals surface area contributed by atoms with Crippen molar-refractivity contribution >= 4 is 0 Å². The molecule has 0 bridgehead atoms. The molecule has 0 heterocycles. The number of hydrogen-bond acceptors (Lipinski definition) is 3. The Labute approximate surface area is 87.4 Å². The molecule has 0 radical (unpaired) electrons. The van der Waals surface area contributed by atoms with E-state index in [1.807, 2.05) is 6.92 Å². The Kier molecular flexibility index (Phi) is 5.45. The van der Waals surface area contributed by atoms with Gasteiger partial charge in [-0.25, -0.2) is 0 Å². The minimum atomic E-state index is 0.345. The molecule has 3 N–H and O–H groups in total. The molecule has 1 saturated carbocycles. The summed E-state index contributed by atoms with van der Waals surface area (Å²) in [4.78, 5) is 0. The Hall–Kier alpha value is -0.120. The third-order valence-corrected chi connectivity index (χ3v) is 3.26. The fraction of sp³-hybridized carbons (Fsp3) is 1.00. The molecule has 0 amide bonds. The van der Waals surface area contributed by atoms with Gasteiger partial charge in [0.25, 0.3) is 0 Å². The largest absolute Gasteiger partial charge is 0.380 e. The van der Waals surface area contributed by atoms with Gasteiger partial charge in [0.15, 0.2) is 0 Å². The van der Waals surface area contributed by atoms with Gasteiger partial charge in [-0.3, -0.25) is 11.3 Å². The van der Waals surface area contributed by atoms with E-state index in [9.17, 15) is 0 Å². The van der Waals surface area contributed by atoms with Crippen LogP contribution in [0.1, 0.15) is 39.5 Å². The second-order valence-corrected chi connectivity index (χ2v) is 4.46. The average Bonchev–Trinajstić information content (AvgIpc) is 2.19. The van der Waals surface area contributed by atoms with Crippen molar-refractivity contribution in [2.45, 2.75) is 45.6 Å². The minimum Gasteiger partial charge on any atom is -0.380 e. The van der Waals surface area contributed by atoms with Crippen molar-refractivity contribution in [3.8, 4) is 0 Å². The van der Waals surface area contributed by atoms with Crippen LogP contribution in [0.4, 0.5) is 0 Å². The van der Waals surface area contributed by atoms with Crippen LogP contribution in [0.15, 0.2) is 0 Å². The number of rotatable bonds is 5. The Balaban J connectivity index is 2.34. The first-order valence-corrected chi connectivity index (χ1v) is 5.81. The van der Waals surface area contributed by atoms with E-state index in [1.165, 1.54) is 25.7 Å². The lowest BCUT2D eigenvalue weighted by Gasteiger charge is -2.32. The van der Waals surface area contributed by atoms with E-state index in [1.54, 1.807) is 0 Å². The molecule has 3 unspecified atom stereocenters. The quantitative estimate of drug-likeness (QED) is 0.524. The number of hydrogen-bond donors (Lipinski definition) is 2. The summed E-state index contributed by atoms with van der Waals surface area (Å²) in [5.74, 6) is 7.12. The zero-order chi connectivity index (χ0) is 10.4. The maximum Gasteiger partial charge on any atom is 0.0635 e. The van der Waals surface area contributed by atoms with Gasteiger partial charge in [-0.15, -0.1) is 0 Å². The standard InChI is InChI=1S/C11H24N2O/c1-3-14-8-11(13-12)10-6-4-5-9(2)7-10/h9-11,13H,3-8,12H2,1-2H3. The molecule has 1 aliphatic rings. The van der Waals surface area contributed by atoms with Crippen LogP contribution in [0.2, 0.25) is 0 Å². The summed E-state index contributed by atoms with van der Waals surface area (Å²) in [6.45, 7) is 5.89. The Morgan fingerprint density at radius 3 is 2.86 bits per heavy atom. The number of hydrazine groups is 1. The molecule has 0 aliphatic heterocycles. The SMILES string of the molecule is CCOCC(NN)C1CCCC(C)C1. The zero-order valence-corrected chi connectivity index (χ0v) is 9.46. The lowest BCUT2D eigenvalue weighted by atomic mass is 9.79. The van der Waals surface area contributed by atoms with Crippen molar-refractivity contribution in [2.24, 2.45) is 17.7 Å². The summed E-state index contributed by atoms with van der Waals surface area (Å²) in [7, 11) is 0. The summed E-state index contributed by atoms with van der Waals surface area (Å²) in [5, 5.41) is 0. The molecule has 84 valence electrons. The topological polar surface area (TPSA) is 47.3 Å². The van der Waals surface area contributed by atoms with Gasteiger partial charge in [0.2, 0.25) is 0 Å². The molecule has 3 heteroatoms. The fourth-order valence-electron chi connectivity index (χ4n) is 2.41. The zero-order valence-electron chi connectivity index (χ0n) is 9.46. The summed E-state index contributed by atoms with van der Waals surface area (Å²) in [6, 6.07) is 0.345. The van der Waals surface area contributed by atoms with Gasteiger partial charge >= 0.3 is 0 Å². The van der Waals surface area contributed by atoms with E-state index < -0.39 is 0 Å². The monoisotopic (exact) mass is 200 g/mol. The second-order valence-electron chi connectivity index (χ2n) is 4.46. The first-order valence-electron chi connectivity index (χ1n) is 5.81. The van der Waals surface area contributed by atoms with Crippen LogP contribution >= 0.6 is 0 Å². The Morgan fingerprint density at radius 2 is 2.29 bits per heavy atom. The lowest BCUT2D eigenvalue weighted by molar-refractivity contribution is 0.0867. The summed E-state index contributed by atoms with van der Waals surface area (Å²) in [6.07, 6.45) is 5.31. The highest BCUT2D eigenvalue weighted by Gasteiger charge is 2.25. The van der Waals surface area contributed by atoms with Crippen LogP contribution < -0.4 is 11.3 Å². The highest BCUT2D eigenvalue weighted by atomic mass is 16.5. The van der Waals surface area contributed by atoms with Crippen LogP contribution in [0.5, 0.6) is 0 Å². The summed E-state index contributed by atoms with van der Waals surface area (Å²) in [5.41, 5.74) is 2.90.